The molecule has 0 amide bonds. The molecule has 1 fully saturated rings. The maximum Gasteiger partial charge on any atom is 0.205 e. The summed E-state index contributed by atoms with van der Waals surface area (Å²) in [6.45, 7) is 6.72. The maximum atomic E-state index is 5.39. The average molecular weight is 214 g/mol. The summed E-state index contributed by atoms with van der Waals surface area (Å²) in [6.07, 6.45) is 2.13. The summed E-state index contributed by atoms with van der Waals surface area (Å²) in [4.78, 5) is 4.30. The summed E-state index contributed by atoms with van der Waals surface area (Å²) in [7, 11) is 0. The summed E-state index contributed by atoms with van der Waals surface area (Å²) in [6, 6.07) is 0.346. The Kier molecular flexibility index (Phi) is 5.42. The predicted molar refractivity (Wildman–Crippen MR) is 61.4 cm³/mol. The number of nitrogens with two attached hydrogens (primary N) is 1. The number of guanidine groups is 1. The minimum atomic E-state index is 0.346. The molecule has 1 aliphatic rings. The molecule has 0 aromatic carbocycles. The van der Waals surface area contributed by atoms with Gasteiger partial charge in [-0.05, 0) is 19.8 Å². The summed E-state index contributed by atoms with van der Waals surface area (Å²) in [5.41, 5.74) is 2.59. The van der Waals surface area contributed by atoms with E-state index in [0.717, 1.165) is 32.6 Å². The van der Waals surface area contributed by atoms with Gasteiger partial charge in [-0.25, -0.2) is 5.84 Å². The van der Waals surface area contributed by atoms with E-state index in [-0.39, 0.29) is 0 Å². The van der Waals surface area contributed by atoms with Crippen molar-refractivity contribution in [1.82, 2.24) is 10.7 Å². The molecule has 1 rings (SSSR count). The van der Waals surface area contributed by atoms with Gasteiger partial charge in [0, 0.05) is 25.1 Å². The van der Waals surface area contributed by atoms with Crippen LogP contribution in [0, 0.1) is 5.92 Å². The zero-order valence-electron chi connectivity index (χ0n) is 9.62. The van der Waals surface area contributed by atoms with E-state index in [1.807, 2.05) is 0 Å². The van der Waals surface area contributed by atoms with Crippen molar-refractivity contribution in [3.05, 3.63) is 0 Å². The third-order valence-electron chi connectivity index (χ3n) is 2.67. The molecule has 1 saturated heterocycles. The zero-order valence-corrected chi connectivity index (χ0v) is 9.62. The fraction of sp³-hybridized carbons (Fsp3) is 0.900. The van der Waals surface area contributed by atoms with Crippen molar-refractivity contribution in [1.29, 1.82) is 0 Å². The second-order valence-electron chi connectivity index (χ2n) is 3.93. The number of aliphatic imine (C=N–C) groups is 1. The van der Waals surface area contributed by atoms with Crippen molar-refractivity contribution >= 4 is 5.96 Å². The molecule has 1 heterocycles. The molecular formula is C10H22N4O. The largest absolute Gasteiger partial charge is 0.381 e. The van der Waals surface area contributed by atoms with Gasteiger partial charge in [0.25, 0.3) is 0 Å². The van der Waals surface area contributed by atoms with Gasteiger partial charge in [0.05, 0.1) is 6.61 Å². The molecule has 0 aromatic heterocycles. The Morgan fingerprint density at radius 2 is 2.47 bits per heavy atom. The first kappa shape index (κ1) is 12.3. The van der Waals surface area contributed by atoms with Gasteiger partial charge >= 0.3 is 0 Å². The molecule has 2 atom stereocenters. The van der Waals surface area contributed by atoms with Gasteiger partial charge in [0.2, 0.25) is 5.96 Å². The number of nitrogens with zero attached hydrogens (tertiary/aromatic N) is 1. The van der Waals surface area contributed by atoms with E-state index in [4.69, 9.17) is 10.6 Å². The first-order valence-electron chi connectivity index (χ1n) is 5.63. The lowest BCUT2D eigenvalue weighted by atomic mass is 10.0. The molecule has 5 nitrogen and oxygen atoms in total. The van der Waals surface area contributed by atoms with E-state index < -0.39 is 0 Å². The van der Waals surface area contributed by atoms with E-state index in [1.54, 1.807) is 0 Å². The molecule has 2 unspecified atom stereocenters. The van der Waals surface area contributed by atoms with Crippen molar-refractivity contribution < 1.29 is 4.74 Å². The Hall–Kier alpha value is -0.810. The zero-order chi connectivity index (χ0) is 11.1. The lowest BCUT2D eigenvalue weighted by molar-refractivity contribution is 0.180. The van der Waals surface area contributed by atoms with Crippen molar-refractivity contribution in [2.24, 2.45) is 16.8 Å². The van der Waals surface area contributed by atoms with Crippen LogP contribution >= 0.6 is 0 Å². The van der Waals surface area contributed by atoms with Crippen LogP contribution in [0.2, 0.25) is 0 Å². The molecule has 0 bridgehead atoms. The summed E-state index contributed by atoms with van der Waals surface area (Å²) >= 11 is 0. The Labute approximate surface area is 91.4 Å². The highest BCUT2D eigenvalue weighted by atomic mass is 16.5. The van der Waals surface area contributed by atoms with Crippen LogP contribution in [0.15, 0.2) is 4.99 Å². The van der Waals surface area contributed by atoms with Gasteiger partial charge in [-0.2, -0.15) is 0 Å². The molecule has 15 heavy (non-hydrogen) atoms. The SMILES string of the molecule is CCCN=C(NN)NC(C)C1CCOC1. The van der Waals surface area contributed by atoms with Crippen LogP contribution in [-0.2, 0) is 4.74 Å². The molecule has 0 saturated carbocycles. The van der Waals surface area contributed by atoms with Crippen molar-refractivity contribution in [3.63, 3.8) is 0 Å². The summed E-state index contributed by atoms with van der Waals surface area (Å²) in [5, 5.41) is 3.28. The van der Waals surface area contributed by atoms with Crippen LogP contribution in [0.3, 0.4) is 0 Å². The standard InChI is InChI=1S/C10H22N4O/c1-3-5-12-10(14-11)13-8(2)9-4-6-15-7-9/h8-9H,3-7,11H2,1-2H3,(H2,12,13,14). The fourth-order valence-electron chi connectivity index (χ4n) is 1.64. The Balaban J connectivity index is 2.36. The maximum absolute atomic E-state index is 5.39. The van der Waals surface area contributed by atoms with Crippen molar-refractivity contribution in [2.75, 3.05) is 19.8 Å². The van der Waals surface area contributed by atoms with Gasteiger partial charge < -0.3 is 10.1 Å². The fourth-order valence-corrected chi connectivity index (χ4v) is 1.64. The van der Waals surface area contributed by atoms with Crippen LogP contribution in [0.25, 0.3) is 0 Å². The molecule has 0 aliphatic carbocycles. The third kappa shape index (κ3) is 4.05. The number of hydrazine groups is 1. The van der Waals surface area contributed by atoms with Gasteiger partial charge in [-0.3, -0.25) is 10.4 Å². The number of nitrogens with one attached hydrogen (secondary N) is 2. The van der Waals surface area contributed by atoms with Crippen LogP contribution in [-0.4, -0.2) is 31.8 Å². The second-order valence-corrected chi connectivity index (χ2v) is 3.93. The highest BCUT2D eigenvalue weighted by molar-refractivity contribution is 5.79. The summed E-state index contributed by atoms with van der Waals surface area (Å²) in [5.74, 6) is 6.62. The Morgan fingerprint density at radius 1 is 1.67 bits per heavy atom. The van der Waals surface area contributed by atoms with E-state index in [2.05, 4.69) is 29.6 Å². The molecular weight excluding hydrogens is 192 g/mol. The topological polar surface area (TPSA) is 71.7 Å². The molecule has 0 radical (unpaired) electrons. The molecule has 5 heteroatoms. The van der Waals surface area contributed by atoms with E-state index in [0.29, 0.717) is 17.9 Å². The highest BCUT2D eigenvalue weighted by Crippen LogP contribution is 2.15. The lowest BCUT2D eigenvalue weighted by Crippen LogP contribution is -2.48. The Bertz CT molecular complexity index is 202. The second kappa shape index (κ2) is 6.63. The van der Waals surface area contributed by atoms with E-state index >= 15 is 0 Å². The first-order valence-corrected chi connectivity index (χ1v) is 5.63. The van der Waals surface area contributed by atoms with Gasteiger partial charge in [-0.1, -0.05) is 6.92 Å². The molecule has 4 N–H and O–H groups in total. The number of ether oxygens (including phenoxy) is 1. The summed E-state index contributed by atoms with van der Waals surface area (Å²) < 4.78 is 5.34. The number of hydrogen-bond donors (Lipinski definition) is 3. The highest BCUT2D eigenvalue weighted by Gasteiger charge is 2.22. The van der Waals surface area contributed by atoms with Crippen LogP contribution in [0.5, 0.6) is 0 Å². The molecule has 88 valence electrons. The monoisotopic (exact) mass is 214 g/mol. The van der Waals surface area contributed by atoms with Gasteiger partial charge in [0.15, 0.2) is 0 Å². The molecule has 1 aliphatic heterocycles. The minimum absolute atomic E-state index is 0.346. The average Bonchev–Trinajstić information content (AvgIpc) is 2.77. The van der Waals surface area contributed by atoms with Gasteiger partial charge in [-0.15, -0.1) is 0 Å². The van der Waals surface area contributed by atoms with Crippen molar-refractivity contribution in [3.8, 4) is 0 Å². The normalized spacial score (nSPS) is 23.9. The third-order valence-corrected chi connectivity index (χ3v) is 2.67. The van der Waals surface area contributed by atoms with Crippen LogP contribution in [0.4, 0.5) is 0 Å². The smallest absolute Gasteiger partial charge is 0.205 e. The quantitative estimate of drug-likeness (QED) is 0.271. The van der Waals surface area contributed by atoms with Crippen LogP contribution < -0.4 is 16.6 Å². The number of hydrogen-bond acceptors (Lipinski definition) is 3. The van der Waals surface area contributed by atoms with Gasteiger partial charge in [0.1, 0.15) is 0 Å². The van der Waals surface area contributed by atoms with E-state index in [1.165, 1.54) is 0 Å². The first-order chi connectivity index (χ1) is 7.27. The van der Waals surface area contributed by atoms with E-state index in [9.17, 15) is 0 Å². The molecule has 0 spiro atoms. The Morgan fingerprint density at radius 3 is 3.00 bits per heavy atom. The molecule has 0 aromatic rings. The predicted octanol–water partition coefficient (Wildman–Crippen LogP) is 0.230. The lowest BCUT2D eigenvalue weighted by Gasteiger charge is -2.21. The number of rotatable bonds is 4. The minimum Gasteiger partial charge on any atom is -0.381 e. The van der Waals surface area contributed by atoms with Crippen LogP contribution in [0.1, 0.15) is 26.7 Å². The van der Waals surface area contributed by atoms with Crippen molar-refractivity contribution in [2.45, 2.75) is 32.7 Å².